The lowest BCUT2D eigenvalue weighted by atomic mass is 10.2. The molecular weight excluding hydrogens is 426 g/mol. The van der Waals surface area contributed by atoms with Crippen molar-refractivity contribution in [1.29, 1.82) is 0 Å². The number of pyridine rings is 2. The van der Waals surface area contributed by atoms with E-state index in [1.54, 1.807) is 48.9 Å². The zero-order chi connectivity index (χ0) is 22.8. The summed E-state index contributed by atoms with van der Waals surface area (Å²) in [5.74, 6) is 1.18. The number of nitrogens with zero attached hydrogens (tertiary/aromatic N) is 4. The summed E-state index contributed by atoms with van der Waals surface area (Å²) in [6.45, 7) is 0.470. The number of hydrogen-bond donors (Lipinski definition) is 1. The first-order valence-electron chi connectivity index (χ1n) is 10.2. The molecule has 10 heteroatoms. The van der Waals surface area contributed by atoms with Gasteiger partial charge in [-0.3, -0.25) is 19.1 Å². The van der Waals surface area contributed by atoms with Crippen LogP contribution in [0.15, 0.2) is 70.6 Å². The molecule has 0 saturated carbocycles. The standard InChI is InChI=1S/C23H19N5O5/c29-20(25-11-16-3-4-18-19(10-16)33-14-32-18)13-27-9-1-2-17-21(27)26-23(31)28(22(17)30)12-15-5-7-24-8-6-15/h1-10H,11-14H2,(H,25,29). The van der Waals surface area contributed by atoms with E-state index in [9.17, 15) is 14.4 Å². The number of hydrogen-bond acceptors (Lipinski definition) is 7. The lowest BCUT2D eigenvalue weighted by Gasteiger charge is -2.15. The number of amides is 1. The van der Waals surface area contributed by atoms with Gasteiger partial charge in [0.25, 0.3) is 5.56 Å². The maximum Gasteiger partial charge on any atom is 0.352 e. The molecule has 0 bridgehead atoms. The van der Waals surface area contributed by atoms with Gasteiger partial charge in [0, 0.05) is 25.1 Å². The van der Waals surface area contributed by atoms with Crippen molar-refractivity contribution in [1.82, 2.24) is 24.4 Å². The maximum atomic E-state index is 13.0. The highest BCUT2D eigenvalue weighted by Crippen LogP contribution is 2.32. The van der Waals surface area contributed by atoms with Gasteiger partial charge in [0.2, 0.25) is 12.7 Å². The highest BCUT2D eigenvalue weighted by molar-refractivity contribution is 5.76. The Morgan fingerprint density at radius 3 is 2.70 bits per heavy atom. The fourth-order valence-electron chi connectivity index (χ4n) is 3.62. The number of rotatable bonds is 6. The second-order valence-corrected chi connectivity index (χ2v) is 7.48. The van der Waals surface area contributed by atoms with E-state index in [0.29, 0.717) is 18.0 Å². The number of carbonyl (C=O) groups excluding carboxylic acids is 1. The van der Waals surface area contributed by atoms with Gasteiger partial charge in [-0.1, -0.05) is 6.07 Å². The third-order valence-electron chi connectivity index (χ3n) is 5.28. The first kappa shape index (κ1) is 20.4. The monoisotopic (exact) mass is 445 g/mol. The summed E-state index contributed by atoms with van der Waals surface area (Å²) >= 11 is 0. The first-order chi connectivity index (χ1) is 16.1. The second kappa shape index (κ2) is 8.58. The predicted octanol–water partition coefficient (Wildman–Crippen LogP) is 0.998. The van der Waals surface area contributed by atoms with Crippen molar-refractivity contribution in [3.05, 3.63) is 93.0 Å². The van der Waals surface area contributed by atoms with Gasteiger partial charge in [0.05, 0.1) is 12.1 Å². The van der Waals surface area contributed by atoms with Gasteiger partial charge in [-0.2, -0.15) is 4.98 Å². The van der Waals surface area contributed by atoms with E-state index < -0.39 is 11.2 Å². The molecule has 0 radical (unpaired) electrons. The van der Waals surface area contributed by atoms with E-state index >= 15 is 0 Å². The van der Waals surface area contributed by atoms with Crippen molar-refractivity contribution >= 4 is 5.91 Å². The predicted molar refractivity (Wildman–Crippen MR) is 117 cm³/mol. The van der Waals surface area contributed by atoms with E-state index in [1.165, 1.54) is 4.57 Å². The van der Waals surface area contributed by atoms with Crippen molar-refractivity contribution < 1.29 is 14.3 Å². The van der Waals surface area contributed by atoms with E-state index in [1.807, 2.05) is 12.1 Å². The van der Waals surface area contributed by atoms with Crippen LogP contribution in [0.2, 0.25) is 0 Å². The lowest BCUT2D eigenvalue weighted by Crippen LogP contribution is -2.38. The average molecular weight is 445 g/mol. The average Bonchev–Trinajstić information content (AvgIpc) is 3.30. The third kappa shape index (κ3) is 4.18. The quantitative estimate of drug-likeness (QED) is 0.470. The van der Waals surface area contributed by atoms with Crippen LogP contribution in [0.5, 0.6) is 11.5 Å². The molecule has 1 aromatic heterocycles. The van der Waals surface area contributed by atoms with Crippen molar-refractivity contribution in [2.45, 2.75) is 19.6 Å². The van der Waals surface area contributed by atoms with E-state index in [2.05, 4.69) is 15.3 Å². The minimum absolute atomic E-state index is 0.0913. The molecule has 0 unspecified atom stereocenters. The van der Waals surface area contributed by atoms with Gasteiger partial charge in [0.15, 0.2) is 17.3 Å². The van der Waals surface area contributed by atoms with Crippen LogP contribution in [0.25, 0.3) is 11.4 Å². The smallest absolute Gasteiger partial charge is 0.352 e. The SMILES string of the molecule is O=C(Cn1cccc2c(=O)n(Cc3ccncc3)c(=O)nc1-2)NCc1ccc2c(c1)OCO2. The number of ether oxygens (including phenoxy) is 2. The summed E-state index contributed by atoms with van der Waals surface area (Å²) in [7, 11) is 0. The normalized spacial score (nSPS) is 12.1. The molecular formula is C23H19N5O5. The number of benzene rings is 1. The summed E-state index contributed by atoms with van der Waals surface area (Å²) in [5.41, 5.74) is 0.739. The molecule has 2 aromatic rings. The Morgan fingerprint density at radius 2 is 1.85 bits per heavy atom. The molecule has 166 valence electrons. The first-order valence-corrected chi connectivity index (χ1v) is 10.2. The molecule has 0 aliphatic carbocycles. The van der Waals surface area contributed by atoms with Crippen molar-refractivity contribution in [3.63, 3.8) is 0 Å². The number of fused-ring (bicyclic) bond motifs is 2. The van der Waals surface area contributed by atoms with Crippen LogP contribution < -0.4 is 26.0 Å². The number of carbonyl (C=O) groups is 1. The molecule has 33 heavy (non-hydrogen) atoms. The number of nitrogens with one attached hydrogen (secondary N) is 1. The van der Waals surface area contributed by atoms with Crippen LogP contribution in [0, 0.1) is 0 Å². The molecule has 3 aliphatic rings. The Hall–Kier alpha value is -4.47. The Balaban J connectivity index is 1.34. The van der Waals surface area contributed by atoms with E-state index in [-0.39, 0.29) is 37.2 Å². The zero-order valence-corrected chi connectivity index (χ0v) is 17.4. The van der Waals surface area contributed by atoms with Gasteiger partial charge in [-0.05, 0) is 47.5 Å². The second-order valence-electron chi connectivity index (χ2n) is 7.48. The number of aromatic nitrogens is 4. The molecule has 0 fully saturated rings. The molecule has 0 atom stereocenters. The molecule has 1 N–H and O–H groups in total. The summed E-state index contributed by atoms with van der Waals surface area (Å²) in [5, 5.41) is 2.83. The molecule has 4 heterocycles. The van der Waals surface area contributed by atoms with Crippen molar-refractivity contribution in [3.8, 4) is 22.9 Å². The van der Waals surface area contributed by atoms with Crippen molar-refractivity contribution in [2.75, 3.05) is 6.79 Å². The van der Waals surface area contributed by atoms with E-state index in [4.69, 9.17) is 9.47 Å². The van der Waals surface area contributed by atoms with Gasteiger partial charge < -0.3 is 19.4 Å². The summed E-state index contributed by atoms with van der Waals surface area (Å²) in [4.78, 5) is 46.1. The molecule has 0 saturated heterocycles. The molecule has 5 rings (SSSR count). The zero-order valence-electron chi connectivity index (χ0n) is 17.4. The summed E-state index contributed by atoms with van der Waals surface area (Å²) in [6.07, 6.45) is 4.80. The van der Waals surface area contributed by atoms with Gasteiger partial charge >= 0.3 is 5.69 Å². The fourth-order valence-corrected chi connectivity index (χ4v) is 3.62. The van der Waals surface area contributed by atoms with Gasteiger partial charge in [-0.15, -0.1) is 0 Å². The Kier molecular flexibility index (Phi) is 5.31. The minimum atomic E-state index is -0.676. The van der Waals surface area contributed by atoms with Crippen LogP contribution in [0.4, 0.5) is 0 Å². The van der Waals surface area contributed by atoms with Gasteiger partial charge in [-0.25, -0.2) is 4.79 Å². The largest absolute Gasteiger partial charge is 0.454 e. The molecule has 0 spiro atoms. The van der Waals surface area contributed by atoms with Crippen LogP contribution >= 0.6 is 0 Å². The molecule has 1 aromatic carbocycles. The highest BCUT2D eigenvalue weighted by atomic mass is 16.7. The Morgan fingerprint density at radius 1 is 1.03 bits per heavy atom. The topological polar surface area (TPSA) is 117 Å². The van der Waals surface area contributed by atoms with Crippen LogP contribution in [0.1, 0.15) is 11.1 Å². The molecule has 10 nitrogen and oxygen atoms in total. The lowest BCUT2D eigenvalue weighted by molar-refractivity contribution is -0.121. The third-order valence-corrected chi connectivity index (χ3v) is 5.28. The molecule has 3 aliphatic heterocycles. The van der Waals surface area contributed by atoms with Crippen LogP contribution in [-0.4, -0.2) is 31.8 Å². The molecule has 1 amide bonds. The fraction of sp³-hybridized carbons (Fsp3) is 0.174. The Bertz CT molecular complexity index is 1410. The van der Waals surface area contributed by atoms with Crippen LogP contribution in [-0.2, 0) is 24.4 Å². The van der Waals surface area contributed by atoms with Gasteiger partial charge in [0.1, 0.15) is 6.54 Å². The summed E-state index contributed by atoms with van der Waals surface area (Å²) in [6, 6.07) is 12.1. The van der Waals surface area contributed by atoms with Crippen LogP contribution in [0.3, 0.4) is 0 Å². The van der Waals surface area contributed by atoms with E-state index in [0.717, 1.165) is 15.7 Å². The Labute approximate surface area is 187 Å². The highest BCUT2D eigenvalue weighted by Gasteiger charge is 2.19. The minimum Gasteiger partial charge on any atom is -0.454 e. The summed E-state index contributed by atoms with van der Waals surface area (Å²) < 4.78 is 13.2. The van der Waals surface area contributed by atoms with Crippen molar-refractivity contribution in [2.24, 2.45) is 0 Å². The maximum absolute atomic E-state index is 13.0.